The van der Waals surface area contributed by atoms with Crippen LogP contribution in [0.5, 0.6) is 0 Å². The lowest BCUT2D eigenvalue weighted by molar-refractivity contribution is -0.0521. The summed E-state index contributed by atoms with van der Waals surface area (Å²) in [6.45, 7) is 0.831. The topological polar surface area (TPSA) is 78.9 Å². The van der Waals surface area contributed by atoms with Crippen LogP contribution in [0.2, 0.25) is 0 Å². The molecule has 66 valence electrons. The molecule has 2 N–H and O–H groups in total. The zero-order valence-electron chi connectivity index (χ0n) is 5.40. The van der Waals surface area contributed by atoms with Crippen molar-refractivity contribution >= 4 is 22.0 Å². The Kier molecular flexibility index (Phi) is 2.68. The van der Waals surface area contributed by atoms with Gasteiger partial charge in [-0.3, -0.25) is 9.87 Å². The second-order valence-electron chi connectivity index (χ2n) is 1.93. The van der Waals surface area contributed by atoms with Gasteiger partial charge < -0.3 is 0 Å². The third-order valence-corrected chi connectivity index (χ3v) is 1.84. The molecule has 1 rings (SSSR count). The molecule has 8 heteroatoms. The molecule has 1 unspecified atom stereocenters. The summed E-state index contributed by atoms with van der Waals surface area (Å²) >= 11 is 5.50. The highest BCUT2D eigenvalue weighted by atomic mass is 35.5. The lowest BCUT2D eigenvalue weighted by Crippen LogP contribution is -2.32. The SMILES string of the molecule is O=S(=O)(O)ON1CCNC1Cl. The molecule has 0 aliphatic carbocycles. The smallest absolute Gasteiger partial charge is 0.286 e. The highest BCUT2D eigenvalue weighted by Gasteiger charge is 2.26. The minimum Gasteiger partial charge on any atom is -0.286 e. The van der Waals surface area contributed by atoms with E-state index in [9.17, 15) is 8.42 Å². The van der Waals surface area contributed by atoms with Gasteiger partial charge in [-0.25, -0.2) is 0 Å². The minimum atomic E-state index is -4.44. The molecule has 0 radical (unpaired) electrons. The van der Waals surface area contributed by atoms with E-state index < -0.39 is 16.0 Å². The summed E-state index contributed by atoms with van der Waals surface area (Å²) in [5.41, 5.74) is -0.711. The number of halogens is 1. The minimum absolute atomic E-state index is 0.313. The average molecular weight is 203 g/mol. The Morgan fingerprint density at radius 3 is 2.73 bits per heavy atom. The fourth-order valence-corrected chi connectivity index (χ4v) is 1.40. The molecule has 1 fully saturated rings. The molecular weight excluding hydrogens is 196 g/mol. The summed E-state index contributed by atoms with van der Waals surface area (Å²) in [6.07, 6.45) is 0. The summed E-state index contributed by atoms with van der Waals surface area (Å²) in [5, 5.41) is 3.61. The van der Waals surface area contributed by atoms with E-state index in [2.05, 4.69) is 9.60 Å². The first-order valence-corrected chi connectivity index (χ1v) is 4.60. The van der Waals surface area contributed by atoms with Crippen LogP contribution in [0.25, 0.3) is 0 Å². The zero-order chi connectivity index (χ0) is 8.48. The van der Waals surface area contributed by atoms with Crippen molar-refractivity contribution in [3.63, 3.8) is 0 Å². The van der Waals surface area contributed by atoms with E-state index in [1.807, 2.05) is 0 Å². The number of alkyl halides is 1. The molecule has 1 aliphatic rings. The summed E-state index contributed by atoms with van der Waals surface area (Å²) in [7, 11) is -4.44. The molecule has 1 saturated heterocycles. The van der Waals surface area contributed by atoms with E-state index in [0.29, 0.717) is 13.1 Å². The first-order valence-electron chi connectivity index (χ1n) is 2.80. The van der Waals surface area contributed by atoms with Gasteiger partial charge >= 0.3 is 10.4 Å². The lowest BCUT2D eigenvalue weighted by Gasteiger charge is -2.14. The number of hydrogen-bond donors (Lipinski definition) is 2. The molecule has 0 bridgehead atoms. The van der Waals surface area contributed by atoms with E-state index in [4.69, 9.17) is 16.2 Å². The van der Waals surface area contributed by atoms with Crippen LogP contribution in [0.15, 0.2) is 0 Å². The van der Waals surface area contributed by atoms with Gasteiger partial charge in [0.1, 0.15) is 0 Å². The first kappa shape index (κ1) is 9.17. The molecular formula is C3H7ClN2O4S. The Hall–Kier alpha value is 0.0800. The summed E-state index contributed by atoms with van der Waals surface area (Å²) < 4.78 is 32.6. The fraction of sp³-hybridized carbons (Fsp3) is 1.00. The van der Waals surface area contributed by atoms with E-state index in [-0.39, 0.29) is 0 Å². The molecule has 0 saturated carbocycles. The van der Waals surface area contributed by atoms with Crippen LogP contribution in [0.4, 0.5) is 0 Å². The molecule has 0 aromatic rings. The molecule has 0 aromatic carbocycles. The maximum Gasteiger partial charge on any atom is 0.413 e. The molecule has 1 atom stereocenters. The highest BCUT2D eigenvalue weighted by molar-refractivity contribution is 7.80. The van der Waals surface area contributed by atoms with Gasteiger partial charge in [-0.05, 0) is 0 Å². The fourth-order valence-electron chi connectivity index (χ4n) is 0.705. The average Bonchev–Trinajstić information content (AvgIpc) is 2.12. The Labute approximate surface area is 69.0 Å². The number of nitrogens with one attached hydrogen (secondary N) is 1. The maximum atomic E-state index is 10.1. The standard InChI is InChI=1S/C3H7ClN2O4S/c4-3-5-1-2-6(3)10-11(7,8)9/h3,5H,1-2H2,(H,7,8,9). The Morgan fingerprint density at radius 1 is 1.73 bits per heavy atom. The van der Waals surface area contributed by atoms with Gasteiger partial charge in [-0.15, -0.1) is 5.06 Å². The number of rotatable bonds is 2. The van der Waals surface area contributed by atoms with Crippen LogP contribution in [-0.2, 0) is 14.7 Å². The van der Waals surface area contributed by atoms with Crippen LogP contribution in [0.1, 0.15) is 0 Å². The van der Waals surface area contributed by atoms with Gasteiger partial charge in [-0.2, -0.15) is 12.7 Å². The summed E-state index contributed by atoms with van der Waals surface area (Å²) in [5.74, 6) is 0. The van der Waals surface area contributed by atoms with Gasteiger partial charge in [0.15, 0.2) is 5.62 Å². The highest BCUT2D eigenvalue weighted by Crippen LogP contribution is 2.09. The maximum absolute atomic E-state index is 10.1. The molecule has 11 heavy (non-hydrogen) atoms. The molecule has 0 aromatic heterocycles. The summed E-state index contributed by atoms with van der Waals surface area (Å²) in [6, 6.07) is 0. The Balaban J connectivity index is 2.50. The van der Waals surface area contributed by atoms with E-state index in [1.165, 1.54) is 0 Å². The molecule has 1 aliphatic heterocycles. The van der Waals surface area contributed by atoms with Crippen molar-refractivity contribution in [1.82, 2.24) is 10.4 Å². The summed E-state index contributed by atoms with van der Waals surface area (Å²) in [4.78, 5) is 0. The van der Waals surface area contributed by atoms with Crippen LogP contribution in [0.3, 0.4) is 0 Å². The van der Waals surface area contributed by atoms with Gasteiger partial charge in [0, 0.05) is 13.1 Å². The number of hydrogen-bond acceptors (Lipinski definition) is 5. The van der Waals surface area contributed by atoms with Crippen LogP contribution >= 0.6 is 11.6 Å². The van der Waals surface area contributed by atoms with Crippen molar-refractivity contribution in [2.75, 3.05) is 13.1 Å². The Bertz CT molecular complexity index is 229. The third kappa shape index (κ3) is 2.89. The molecule has 6 nitrogen and oxygen atoms in total. The zero-order valence-corrected chi connectivity index (χ0v) is 6.97. The van der Waals surface area contributed by atoms with Crippen molar-refractivity contribution in [3.05, 3.63) is 0 Å². The van der Waals surface area contributed by atoms with Crippen molar-refractivity contribution in [1.29, 1.82) is 0 Å². The molecule has 0 amide bonds. The number of nitrogens with zero attached hydrogens (tertiary/aromatic N) is 1. The van der Waals surface area contributed by atoms with E-state index in [1.54, 1.807) is 0 Å². The largest absolute Gasteiger partial charge is 0.413 e. The van der Waals surface area contributed by atoms with Crippen LogP contribution in [0, 0.1) is 0 Å². The van der Waals surface area contributed by atoms with Gasteiger partial charge in [0.2, 0.25) is 0 Å². The van der Waals surface area contributed by atoms with Gasteiger partial charge in [-0.1, -0.05) is 11.6 Å². The van der Waals surface area contributed by atoms with Crippen molar-refractivity contribution in [2.45, 2.75) is 5.62 Å². The second kappa shape index (κ2) is 3.21. The predicted molar refractivity (Wildman–Crippen MR) is 37.0 cm³/mol. The van der Waals surface area contributed by atoms with Gasteiger partial charge in [0.05, 0.1) is 0 Å². The third-order valence-electron chi connectivity index (χ3n) is 1.09. The van der Waals surface area contributed by atoms with Crippen molar-refractivity contribution in [2.24, 2.45) is 0 Å². The lowest BCUT2D eigenvalue weighted by atomic mass is 10.7. The van der Waals surface area contributed by atoms with Gasteiger partial charge in [0.25, 0.3) is 0 Å². The first-order chi connectivity index (χ1) is 4.99. The van der Waals surface area contributed by atoms with Crippen LogP contribution < -0.4 is 5.32 Å². The normalized spacial score (nSPS) is 27.6. The predicted octanol–water partition coefficient (Wildman–Crippen LogP) is -0.852. The number of hydroxylamine groups is 2. The Morgan fingerprint density at radius 2 is 2.36 bits per heavy atom. The molecule has 1 heterocycles. The van der Waals surface area contributed by atoms with Crippen molar-refractivity contribution in [3.8, 4) is 0 Å². The van der Waals surface area contributed by atoms with E-state index >= 15 is 0 Å². The van der Waals surface area contributed by atoms with Crippen LogP contribution in [-0.4, -0.2) is 36.7 Å². The van der Waals surface area contributed by atoms with Crippen molar-refractivity contribution < 1.29 is 17.3 Å². The quantitative estimate of drug-likeness (QED) is 0.345. The van der Waals surface area contributed by atoms with E-state index in [0.717, 1.165) is 5.06 Å². The second-order valence-corrected chi connectivity index (χ2v) is 3.35. The molecule has 0 spiro atoms. The monoisotopic (exact) mass is 202 g/mol.